The van der Waals surface area contributed by atoms with Crippen molar-refractivity contribution in [3.8, 4) is 11.5 Å². The molecule has 0 aliphatic carbocycles. The molecule has 1 N–H and O–H groups in total. The summed E-state index contributed by atoms with van der Waals surface area (Å²) in [5.41, 5.74) is 2.35. The number of hydrogen-bond donors (Lipinski definition) is 1. The minimum Gasteiger partial charge on any atom is -0.481 e. The molecule has 3 aromatic carbocycles. The van der Waals surface area contributed by atoms with Crippen molar-refractivity contribution in [3.63, 3.8) is 0 Å². The van der Waals surface area contributed by atoms with Gasteiger partial charge >= 0.3 is 5.97 Å². The van der Waals surface area contributed by atoms with E-state index < -0.39 is 16.8 Å². The zero-order valence-corrected chi connectivity index (χ0v) is 25.6. The van der Waals surface area contributed by atoms with Crippen LogP contribution >= 0.6 is 79.6 Å². The summed E-state index contributed by atoms with van der Waals surface area (Å²) in [6, 6.07) is 12.3. The van der Waals surface area contributed by atoms with Crippen molar-refractivity contribution in [1.29, 1.82) is 0 Å². The van der Waals surface area contributed by atoms with Gasteiger partial charge in [0, 0.05) is 26.6 Å². The predicted molar refractivity (Wildman–Crippen MR) is 151 cm³/mol. The lowest BCUT2D eigenvalue weighted by Gasteiger charge is -2.11. The van der Waals surface area contributed by atoms with Gasteiger partial charge in [0.25, 0.3) is 11.6 Å². The number of nitrogens with one attached hydrogen (secondary N) is 1. The van der Waals surface area contributed by atoms with Crippen molar-refractivity contribution in [2.75, 3.05) is 6.61 Å². The molecule has 0 saturated heterocycles. The lowest BCUT2D eigenvalue weighted by molar-refractivity contribution is -0.385. The molecule has 0 bridgehead atoms. The molecule has 9 nitrogen and oxygen atoms in total. The van der Waals surface area contributed by atoms with Gasteiger partial charge in [0.1, 0.15) is 5.75 Å². The Morgan fingerprint density at radius 1 is 0.917 bits per heavy atom. The Hall–Kier alpha value is -2.13. The molecule has 0 aliphatic heterocycles. The summed E-state index contributed by atoms with van der Waals surface area (Å²) in [4.78, 5) is 35.5. The predicted octanol–water partition coefficient (Wildman–Crippen LogP) is 7.16. The van der Waals surface area contributed by atoms with Crippen LogP contribution in [0.1, 0.15) is 15.9 Å². The quantitative estimate of drug-likeness (QED) is 0.0849. The highest BCUT2D eigenvalue weighted by Crippen LogP contribution is 2.36. The van der Waals surface area contributed by atoms with Crippen LogP contribution in [0.25, 0.3) is 0 Å². The van der Waals surface area contributed by atoms with Crippen LogP contribution in [0.5, 0.6) is 11.5 Å². The van der Waals surface area contributed by atoms with Crippen LogP contribution in [-0.2, 0) is 4.79 Å². The molecule has 14 heteroatoms. The number of hydrazone groups is 1. The second kappa shape index (κ2) is 12.9. The fraction of sp³-hybridized carbons (Fsp3) is 0.0455. The van der Waals surface area contributed by atoms with E-state index in [4.69, 9.17) is 9.47 Å². The van der Waals surface area contributed by atoms with Gasteiger partial charge in [0.2, 0.25) is 0 Å². The monoisotopic (exact) mass is 809 g/mol. The number of hydrogen-bond acceptors (Lipinski definition) is 7. The zero-order valence-electron chi connectivity index (χ0n) is 17.6. The van der Waals surface area contributed by atoms with Gasteiger partial charge in [-0.3, -0.25) is 14.9 Å². The number of non-ortho nitro benzene ring substituents is 1. The van der Waals surface area contributed by atoms with E-state index in [-0.39, 0.29) is 33.6 Å². The third kappa shape index (κ3) is 7.68. The number of esters is 1. The van der Waals surface area contributed by atoms with E-state index in [0.717, 1.165) is 21.2 Å². The second-order valence-corrected chi connectivity index (χ2v) is 11.2. The highest BCUT2D eigenvalue weighted by atomic mass is 79.9. The lowest BCUT2D eigenvalue weighted by Crippen LogP contribution is -2.24. The Kier molecular flexibility index (Phi) is 10.2. The van der Waals surface area contributed by atoms with E-state index in [1.807, 2.05) is 0 Å². The van der Waals surface area contributed by atoms with Crippen LogP contribution < -0.4 is 14.9 Å². The summed E-state index contributed by atoms with van der Waals surface area (Å²) in [6.45, 7) is -0.361. The van der Waals surface area contributed by atoms with Gasteiger partial charge in [0.05, 0.1) is 30.1 Å². The number of nitro benzene ring substituents is 1. The van der Waals surface area contributed by atoms with Crippen LogP contribution in [0.4, 0.5) is 5.69 Å². The normalized spacial score (nSPS) is 10.8. The Labute approximate surface area is 246 Å². The number of carbonyl (C=O) groups excluding carboxylic acids is 2. The highest BCUT2D eigenvalue weighted by Gasteiger charge is 2.19. The molecule has 0 unspecified atom stereocenters. The summed E-state index contributed by atoms with van der Waals surface area (Å²) in [5, 5.41) is 15.1. The van der Waals surface area contributed by atoms with Crippen molar-refractivity contribution in [2.45, 2.75) is 0 Å². The largest absolute Gasteiger partial charge is 0.481 e. The average Bonchev–Trinajstić information content (AvgIpc) is 2.80. The smallest absolute Gasteiger partial charge is 0.343 e. The van der Waals surface area contributed by atoms with Gasteiger partial charge in [-0.1, -0.05) is 31.9 Å². The molecule has 36 heavy (non-hydrogen) atoms. The Morgan fingerprint density at radius 3 is 2.14 bits per heavy atom. The number of amides is 1. The van der Waals surface area contributed by atoms with Crippen LogP contribution in [0.3, 0.4) is 0 Å². The van der Waals surface area contributed by atoms with Crippen molar-refractivity contribution in [1.82, 2.24) is 5.43 Å². The van der Waals surface area contributed by atoms with E-state index in [1.54, 1.807) is 36.4 Å². The first kappa shape index (κ1) is 28.4. The molecule has 3 rings (SSSR count). The van der Waals surface area contributed by atoms with Crippen molar-refractivity contribution in [2.24, 2.45) is 5.10 Å². The van der Waals surface area contributed by atoms with Gasteiger partial charge in [0.15, 0.2) is 12.4 Å². The van der Waals surface area contributed by atoms with Crippen LogP contribution in [0.2, 0.25) is 0 Å². The zero-order chi connectivity index (χ0) is 26.4. The summed E-state index contributed by atoms with van der Waals surface area (Å²) in [7, 11) is 0. The fourth-order valence-electron chi connectivity index (χ4n) is 2.66. The average molecular weight is 814 g/mol. The topological polar surface area (TPSA) is 120 Å². The molecular weight excluding hydrogens is 802 g/mol. The molecule has 0 spiro atoms. The highest BCUT2D eigenvalue weighted by molar-refractivity contribution is 9.11. The second-order valence-electron chi connectivity index (χ2n) is 6.78. The van der Waals surface area contributed by atoms with Gasteiger partial charge in [-0.05, 0) is 84.2 Å². The Morgan fingerprint density at radius 2 is 1.53 bits per heavy atom. The van der Waals surface area contributed by atoms with Crippen molar-refractivity contribution < 1.29 is 24.0 Å². The van der Waals surface area contributed by atoms with Gasteiger partial charge in [-0.2, -0.15) is 5.10 Å². The minimum absolute atomic E-state index is 0.00880. The third-order valence-corrected chi connectivity index (χ3v) is 7.00. The van der Waals surface area contributed by atoms with E-state index in [0.29, 0.717) is 14.7 Å². The van der Waals surface area contributed by atoms with E-state index in [9.17, 15) is 19.7 Å². The SMILES string of the molecule is O=C(COc1c(Br)cc(Br)cc1Br)N/N=C\c1cc([N+](=O)[O-])cc(Br)c1OC(=O)c1ccc(Br)cc1. The van der Waals surface area contributed by atoms with Crippen molar-refractivity contribution >= 4 is 103 Å². The number of rotatable bonds is 8. The summed E-state index contributed by atoms with van der Waals surface area (Å²) in [5.74, 6) is -0.867. The lowest BCUT2D eigenvalue weighted by atomic mass is 10.2. The first-order valence-corrected chi connectivity index (χ1v) is 13.6. The first-order valence-electron chi connectivity index (χ1n) is 9.60. The molecular formula is C22H12Br5N3O6. The number of nitro groups is 1. The number of ether oxygens (including phenoxy) is 2. The summed E-state index contributed by atoms with van der Waals surface area (Å²) in [6.07, 6.45) is 1.13. The van der Waals surface area contributed by atoms with E-state index in [2.05, 4.69) is 90.2 Å². The maximum Gasteiger partial charge on any atom is 0.343 e. The van der Waals surface area contributed by atoms with Gasteiger partial charge < -0.3 is 9.47 Å². The molecule has 186 valence electrons. The van der Waals surface area contributed by atoms with Crippen LogP contribution in [-0.4, -0.2) is 29.6 Å². The van der Waals surface area contributed by atoms with E-state index in [1.165, 1.54) is 6.07 Å². The summed E-state index contributed by atoms with van der Waals surface area (Å²) < 4.78 is 14.0. The third-order valence-electron chi connectivity index (χ3n) is 4.25. The Bertz CT molecular complexity index is 1340. The van der Waals surface area contributed by atoms with Gasteiger partial charge in [-0.25, -0.2) is 10.2 Å². The molecule has 0 saturated carbocycles. The number of benzene rings is 3. The first-order chi connectivity index (χ1) is 17.0. The standard InChI is InChI=1S/C22H12Br5N3O6/c23-13-3-1-11(2-4-13)22(32)36-20-12(5-15(30(33)34)8-18(20)27)9-28-29-19(31)10-35-21-16(25)6-14(24)7-17(21)26/h1-9H,10H2,(H,29,31)/b28-9-. The maximum absolute atomic E-state index is 12.6. The van der Waals surface area contributed by atoms with Crippen molar-refractivity contribution in [3.05, 3.63) is 92.1 Å². The molecule has 0 aliphatic rings. The van der Waals surface area contributed by atoms with Crippen LogP contribution in [0, 0.1) is 10.1 Å². The molecule has 0 fully saturated rings. The van der Waals surface area contributed by atoms with Crippen LogP contribution in [0.15, 0.2) is 76.0 Å². The molecule has 0 aromatic heterocycles. The molecule has 0 heterocycles. The maximum atomic E-state index is 12.6. The summed E-state index contributed by atoms with van der Waals surface area (Å²) >= 11 is 16.5. The molecule has 3 aromatic rings. The number of carbonyl (C=O) groups is 2. The van der Waals surface area contributed by atoms with Gasteiger partial charge in [-0.15, -0.1) is 0 Å². The number of halogens is 5. The fourth-order valence-corrected chi connectivity index (χ4v) is 5.95. The molecule has 0 radical (unpaired) electrons. The molecule has 1 amide bonds. The number of nitrogens with zero attached hydrogens (tertiary/aromatic N) is 2. The minimum atomic E-state index is -0.685. The van der Waals surface area contributed by atoms with E-state index >= 15 is 0 Å². The molecule has 0 atom stereocenters. The Balaban J connectivity index is 1.76.